The predicted octanol–water partition coefficient (Wildman–Crippen LogP) is 2.04. The van der Waals surface area contributed by atoms with Gasteiger partial charge < -0.3 is 5.73 Å². The first kappa shape index (κ1) is 9.26. The zero-order chi connectivity index (χ0) is 9.14. The fraction of sp³-hybridized carbons (Fsp3) is 0.222. The maximum atomic E-state index is 10.8. The summed E-state index contributed by atoms with van der Waals surface area (Å²) < 4.78 is 1.00. The van der Waals surface area contributed by atoms with Crippen LogP contribution in [0.1, 0.15) is 18.4 Å². The Balaban J connectivity index is 2.89. The molecule has 0 saturated carbocycles. The van der Waals surface area contributed by atoms with Gasteiger partial charge in [-0.3, -0.25) is 4.79 Å². The Morgan fingerprint density at radius 1 is 1.42 bits per heavy atom. The molecule has 1 unspecified atom stereocenters. The van der Waals surface area contributed by atoms with Gasteiger partial charge in [-0.05, 0) is 24.6 Å². The molecule has 3 heteroatoms. The highest BCUT2D eigenvalue weighted by Gasteiger charge is 2.10. The van der Waals surface area contributed by atoms with E-state index in [0.29, 0.717) is 0 Å². The van der Waals surface area contributed by atoms with E-state index in [-0.39, 0.29) is 11.8 Å². The fourth-order valence-electron chi connectivity index (χ4n) is 0.916. The topological polar surface area (TPSA) is 43.1 Å². The maximum Gasteiger partial charge on any atom is 0.224 e. The number of halogens is 1. The van der Waals surface area contributed by atoms with E-state index in [1.165, 1.54) is 0 Å². The van der Waals surface area contributed by atoms with E-state index in [0.717, 1.165) is 10.0 Å². The Bertz CT molecular complexity index is 281. The number of benzene rings is 1. The Hall–Kier alpha value is -0.830. The Kier molecular flexibility index (Phi) is 2.87. The summed E-state index contributed by atoms with van der Waals surface area (Å²) in [7, 11) is 0. The molecule has 2 N–H and O–H groups in total. The number of nitrogens with two attached hydrogens (primary N) is 1. The summed E-state index contributed by atoms with van der Waals surface area (Å²) >= 11 is 3.32. The zero-order valence-electron chi connectivity index (χ0n) is 6.75. The lowest BCUT2D eigenvalue weighted by Crippen LogP contribution is -2.18. The summed E-state index contributed by atoms with van der Waals surface area (Å²) in [4.78, 5) is 10.8. The van der Waals surface area contributed by atoms with E-state index in [9.17, 15) is 4.79 Å². The molecule has 0 spiro atoms. The second-order valence-corrected chi connectivity index (χ2v) is 3.59. The minimum absolute atomic E-state index is 0.210. The van der Waals surface area contributed by atoms with Gasteiger partial charge in [0.1, 0.15) is 0 Å². The number of primary amides is 1. The molecule has 0 aliphatic heterocycles. The lowest BCUT2D eigenvalue weighted by molar-refractivity contribution is -0.119. The molecule has 0 aliphatic carbocycles. The average Bonchev–Trinajstić information content (AvgIpc) is 2.04. The van der Waals surface area contributed by atoms with Crippen LogP contribution in [0.3, 0.4) is 0 Å². The van der Waals surface area contributed by atoms with E-state index >= 15 is 0 Å². The van der Waals surface area contributed by atoms with Gasteiger partial charge >= 0.3 is 0 Å². The van der Waals surface area contributed by atoms with Gasteiger partial charge in [0.15, 0.2) is 0 Å². The SMILES string of the molecule is CC(C(N)=O)c1ccc(Br)cc1. The van der Waals surface area contributed by atoms with Gasteiger partial charge in [-0.15, -0.1) is 0 Å². The summed E-state index contributed by atoms with van der Waals surface area (Å²) in [6, 6.07) is 7.57. The second-order valence-electron chi connectivity index (χ2n) is 2.68. The summed E-state index contributed by atoms with van der Waals surface area (Å²) in [5, 5.41) is 0. The van der Waals surface area contributed by atoms with Crippen molar-refractivity contribution in [2.45, 2.75) is 12.8 Å². The largest absolute Gasteiger partial charge is 0.369 e. The summed E-state index contributed by atoms with van der Waals surface area (Å²) in [6.07, 6.45) is 0. The number of carbonyl (C=O) groups excluding carboxylic acids is 1. The molecule has 0 aromatic heterocycles. The molecule has 0 bridgehead atoms. The first-order valence-electron chi connectivity index (χ1n) is 3.66. The van der Waals surface area contributed by atoms with Crippen LogP contribution in [0.5, 0.6) is 0 Å². The molecule has 1 amide bonds. The summed E-state index contributed by atoms with van der Waals surface area (Å²) in [5.74, 6) is -0.504. The minimum atomic E-state index is -0.294. The average molecular weight is 228 g/mol. The van der Waals surface area contributed by atoms with Crippen LogP contribution in [0.15, 0.2) is 28.7 Å². The molecular formula is C9H10BrNO. The lowest BCUT2D eigenvalue weighted by Gasteiger charge is -2.06. The first-order chi connectivity index (χ1) is 5.61. The first-order valence-corrected chi connectivity index (χ1v) is 4.45. The highest BCUT2D eigenvalue weighted by Crippen LogP contribution is 2.17. The molecule has 64 valence electrons. The summed E-state index contributed by atoms with van der Waals surface area (Å²) in [6.45, 7) is 1.80. The van der Waals surface area contributed by atoms with E-state index < -0.39 is 0 Å². The van der Waals surface area contributed by atoms with Crippen molar-refractivity contribution in [2.24, 2.45) is 5.73 Å². The summed E-state index contributed by atoms with van der Waals surface area (Å²) in [5.41, 5.74) is 6.11. The van der Waals surface area contributed by atoms with Crippen LogP contribution in [-0.4, -0.2) is 5.91 Å². The number of hydrogen-bond donors (Lipinski definition) is 1. The van der Waals surface area contributed by atoms with Crippen LogP contribution in [-0.2, 0) is 4.79 Å². The second kappa shape index (κ2) is 3.72. The van der Waals surface area contributed by atoms with Crippen molar-refractivity contribution in [1.82, 2.24) is 0 Å². The van der Waals surface area contributed by atoms with Crippen molar-refractivity contribution < 1.29 is 4.79 Å². The van der Waals surface area contributed by atoms with Gasteiger partial charge in [-0.2, -0.15) is 0 Å². The molecule has 2 nitrogen and oxygen atoms in total. The highest BCUT2D eigenvalue weighted by atomic mass is 79.9. The molecule has 1 aromatic rings. The third-order valence-electron chi connectivity index (χ3n) is 1.80. The smallest absolute Gasteiger partial charge is 0.224 e. The maximum absolute atomic E-state index is 10.8. The van der Waals surface area contributed by atoms with E-state index in [2.05, 4.69) is 15.9 Å². The van der Waals surface area contributed by atoms with Gasteiger partial charge in [0.2, 0.25) is 5.91 Å². The quantitative estimate of drug-likeness (QED) is 0.826. The van der Waals surface area contributed by atoms with Gasteiger partial charge in [-0.1, -0.05) is 28.1 Å². The molecule has 0 radical (unpaired) electrons. The van der Waals surface area contributed by atoms with Crippen molar-refractivity contribution in [3.05, 3.63) is 34.3 Å². The van der Waals surface area contributed by atoms with E-state index in [1.807, 2.05) is 24.3 Å². The van der Waals surface area contributed by atoms with Gasteiger partial charge in [0.25, 0.3) is 0 Å². The van der Waals surface area contributed by atoms with Crippen molar-refractivity contribution in [1.29, 1.82) is 0 Å². The zero-order valence-corrected chi connectivity index (χ0v) is 8.34. The van der Waals surface area contributed by atoms with E-state index in [4.69, 9.17) is 5.73 Å². The number of amides is 1. The molecule has 1 atom stereocenters. The molecule has 0 heterocycles. The number of carbonyl (C=O) groups is 1. The molecule has 12 heavy (non-hydrogen) atoms. The van der Waals surface area contributed by atoms with Crippen LogP contribution in [0, 0.1) is 0 Å². The third kappa shape index (κ3) is 2.08. The molecule has 1 aromatic carbocycles. The standard InChI is InChI=1S/C9H10BrNO/c1-6(9(11)12)7-2-4-8(10)5-3-7/h2-6H,1H3,(H2,11,12). The molecule has 0 saturated heterocycles. The monoisotopic (exact) mass is 227 g/mol. The Labute approximate surface area is 79.9 Å². The minimum Gasteiger partial charge on any atom is -0.369 e. The predicted molar refractivity (Wildman–Crippen MR) is 51.8 cm³/mol. The van der Waals surface area contributed by atoms with Gasteiger partial charge in [-0.25, -0.2) is 0 Å². The Morgan fingerprint density at radius 3 is 2.33 bits per heavy atom. The van der Waals surface area contributed by atoms with Crippen LogP contribution < -0.4 is 5.73 Å². The molecule has 0 aliphatic rings. The van der Waals surface area contributed by atoms with Crippen molar-refractivity contribution in [2.75, 3.05) is 0 Å². The van der Waals surface area contributed by atoms with Crippen LogP contribution in [0.4, 0.5) is 0 Å². The number of hydrogen-bond acceptors (Lipinski definition) is 1. The van der Waals surface area contributed by atoms with Crippen molar-refractivity contribution in [3.63, 3.8) is 0 Å². The normalized spacial score (nSPS) is 12.5. The molecule has 0 fully saturated rings. The fourth-order valence-corrected chi connectivity index (χ4v) is 1.18. The van der Waals surface area contributed by atoms with Gasteiger partial charge in [0, 0.05) is 4.47 Å². The molecule has 1 rings (SSSR count). The van der Waals surface area contributed by atoms with Crippen molar-refractivity contribution in [3.8, 4) is 0 Å². The Morgan fingerprint density at radius 2 is 1.92 bits per heavy atom. The lowest BCUT2D eigenvalue weighted by atomic mass is 10.0. The van der Waals surface area contributed by atoms with Crippen LogP contribution in [0.2, 0.25) is 0 Å². The van der Waals surface area contributed by atoms with Crippen LogP contribution in [0.25, 0.3) is 0 Å². The van der Waals surface area contributed by atoms with Crippen molar-refractivity contribution >= 4 is 21.8 Å². The third-order valence-corrected chi connectivity index (χ3v) is 2.33. The van der Waals surface area contributed by atoms with Gasteiger partial charge in [0.05, 0.1) is 5.92 Å². The highest BCUT2D eigenvalue weighted by molar-refractivity contribution is 9.10. The molecular weight excluding hydrogens is 218 g/mol. The van der Waals surface area contributed by atoms with Crippen LogP contribution >= 0.6 is 15.9 Å². The van der Waals surface area contributed by atoms with E-state index in [1.54, 1.807) is 6.92 Å². The number of rotatable bonds is 2.